The lowest BCUT2D eigenvalue weighted by Gasteiger charge is -2.20. The number of aromatic nitrogens is 2. The van der Waals surface area contributed by atoms with Gasteiger partial charge in [-0.05, 0) is 36.6 Å². The lowest BCUT2D eigenvalue weighted by Crippen LogP contribution is -2.21. The molecule has 0 amide bonds. The van der Waals surface area contributed by atoms with E-state index in [0.29, 0.717) is 11.3 Å². The van der Waals surface area contributed by atoms with Crippen LogP contribution in [-0.4, -0.2) is 27.2 Å². The number of nitrogen functional groups attached to an aromatic ring is 1. The highest BCUT2D eigenvalue weighted by Crippen LogP contribution is 2.40. The van der Waals surface area contributed by atoms with Gasteiger partial charge in [0, 0.05) is 23.0 Å². The largest absolute Gasteiger partial charge is 0.490 e. The van der Waals surface area contributed by atoms with Crippen molar-refractivity contribution in [1.82, 2.24) is 9.97 Å². The minimum atomic E-state index is -5.08. The molecule has 28 heavy (non-hydrogen) atoms. The van der Waals surface area contributed by atoms with Gasteiger partial charge < -0.3 is 20.2 Å². The quantitative estimate of drug-likeness (QED) is 0.583. The molecule has 144 valence electrons. The van der Waals surface area contributed by atoms with Crippen LogP contribution in [0.2, 0.25) is 0 Å². The number of hydrogen-bond acceptors (Lipinski definition) is 5. The number of furan rings is 1. The van der Waals surface area contributed by atoms with E-state index in [1.807, 2.05) is 24.4 Å². The minimum Gasteiger partial charge on any atom is -0.475 e. The summed E-state index contributed by atoms with van der Waals surface area (Å²) in [7, 11) is 0. The van der Waals surface area contributed by atoms with E-state index in [2.05, 4.69) is 16.0 Å². The van der Waals surface area contributed by atoms with Gasteiger partial charge in [-0.25, -0.2) is 9.78 Å². The summed E-state index contributed by atoms with van der Waals surface area (Å²) < 4.78 is 37.2. The first-order valence-corrected chi connectivity index (χ1v) is 7.97. The molecular formula is C18H13F3N4O3. The van der Waals surface area contributed by atoms with Crippen molar-refractivity contribution in [2.45, 2.75) is 19.0 Å². The van der Waals surface area contributed by atoms with Crippen molar-refractivity contribution in [2.24, 2.45) is 0 Å². The second kappa shape index (κ2) is 7.11. The van der Waals surface area contributed by atoms with Crippen LogP contribution in [0.15, 0.2) is 35.1 Å². The summed E-state index contributed by atoms with van der Waals surface area (Å²) in [4.78, 5) is 16.6. The highest BCUT2D eigenvalue weighted by atomic mass is 19.4. The Labute approximate surface area is 156 Å². The van der Waals surface area contributed by atoms with Gasteiger partial charge in [-0.3, -0.25) is 0 Å². The highest BCUT2D eigenvalue weighted by molar-refractivity contribution is 5.84. The molecular weight excluding hydrogens is 377 g/mol. The van der Waals surface area contributed by atoms with E-state index in [0.717, 1.165) is 40.9 Å². The fourth-order valence-corrected chi connectivity index (χ4v) is 3.00. The number of carboxylic acids is 1. The first kappa shape index (κ1) is 19.0. The molecule has 3 aromatic heterocycles. The van der Waals surface area contributed by atoms with Crippen molar-refractivity contribution in [1.29, 1.82) is 5.26 Å². The number of H-pyrrole nitrogens is 1. The van der Waals surface area contributed by atoms with Gasteiger partial charge in [-0.2, -0.15) is 18.4 Å². The Balaban J connectivity index is 0.000000279. The molecule has 1 aliphatic rings. The van der Waals surface area contributed by atoms with E-state index in [1.54, 1.807) is 6.26 Å². The molecule has 4 rings (SSSR count). The second-order valence-corrected chi connectivity index (χ2v) is 5.84. The summed E-state index contributed by atoms with van der Waals surface area (Å²) in [6, 6.07) is 7.82. The molecule has 3 heterocycles. The van der Waals surface area contributed by atoms with Crippen LogP contribution in [0.1, 0.15) is 16.8 Å². The third-order valence-electron chi connectivity index (χ3n) is 4.16. The number of carboxylic acid groups (broad SMARTS) is 1. The molecule has 0 radical (unpaired) electrons. The summed E-state index contributed by atoms with van der Waals surface area (Å²) in [5.41, 5.74) is 11.3. The standard InChI is InChI=1S/C16H12N4O.C2HF3O2/c17-8-11-14(13-2-1-7-21-13)10-3-4-12-9(5-6-19-12)15(10)20-16(11)18;3-2(4,5)1(6)7/h1-2,5-7,19H,3-4H2,(H2,18,20);(H,6,7). The van der Waals surface area contributed by atoms with Crippen LogP contribution in [0.4, 0.5) is 19.0 Å². The molecule has 0 unspecified atom stereocenters. The molecule has 0 fully saturated rings. The van der Waals surface area contributed by atoms with Gasteiger partial charge in [0.25, 0.3) is 0 Å². The maximum Gasteiger partial charge on any atom is 0.490 e. The summed E-state index contributed by atoms with van der Waals surface area (Å²) in [5.74, 6) is -1.85. The zero-order chi connectivity index (χ0) is 20.5. The summed E-state index contributed by atoms with van der Waals surface area (Å²) in [6.45, 7) is 0. The van der Waals surface area contributed by atoms with Crippen molar-refractivity contribution in [3.8, 4) is 28.7 Å². The number of carbonyl (C=O) groups is 1. The number of hydrogen-bond donors (Lipinski definition) is 3. The Kier molecular flexibility index (Phi) is 4.83. The van der Waals surface area contributed by atoms with Gasteiger partial charge in [0.15, 0.2) is 0 Å². The molecule has 0 aliphatic heterocycles. The Morgan fingerprint density at radius 3 is 2.64 bits per heavy atom. The third-order valence-corrected chi connectivity index (χ3v) is 4.16. The van der Waals surface area contributed by atoms with Gasteiger partial charge in [-0.15, -0.1) is 0 Å². The van der Waals surface area contributed by atoms with Gasteiger partial charge in [0.1, 0.15) is 23.2 Å². The normalized spacial score (nSPS) is 12.2. The van der Waals surface area contributed by atoms with E-state index in [4.69, 9.17) is 20.1 Å². The second-order valence-electron chi connectivity index (χ2n) is 5.84. The van der Waals surface area contributed by atoms with Crippen molar-refractivity contribution < 1.29 is 27.5 Å². The Hall–Kier alpha value is -3.74. The number of nitrogens with two attached hydrogens (primary N) is 1. The molecule has 3 aromatic rings. The predicted octanol–water partition coefficient (Wildman–Crippen LogP) is 3.52. The van der Waals surface area contributed by atoms with Gasteiger partial charge in [0.05, 0.1) is 12.0 Å². The predicted molar refractivity (Wildman–Crippen MR) is 92.0 cm³/mol. The molecule has 0 saturated heterocycles. The van der Waals surface area contributed by atoms with E-state index in [1.165, 1.54) is 0 Å². The number of nitrogens with zero attached hydrogens (tertiary/aromatic N) is 2. The number of anilines is 1. The summed E-state index contributed by atoms with van der Waals surface area (Å²) in [6.07, 6.45) is 0.118. The van der Waals surface area contributed by atoms with Crippen molar-refractivity contribution in [2.75, 3.05) is 5.73 Å². The summed E-state index contributed by atoms with van der Waals surface area (Å²) >= 11 is 0. The van der Waals surface area contributed by atoms with Crippen LogP contribution < -0.4 is 5.73 Å². The lowest BCUT2D eigenvalue weighted by molar-refractivity contribution is -0.192. The number of alkyl halides is 3. The van der Waals surface area contributed by atoms with E-state index in [-0.39, 0.29) is 5.82 Å². The first-order valence-electron chi connectivity index (χ1n) is 7.97. The maximum atomic E-state index is 10.6. The van der Waals surface area contributed by atoms with E-state index < -0.39 is 12.1 Å². The van der Waals surface area contributed by atoms with Crippen LogP contribution in [0.25, 0.3) is 22.6 Å². The Morgan fingerprint density at radius 1 is 1.36 bits per heavy atom. The van der Waals surface area contributed by atoms with Crippen LogP contribution in [0, 0.1) is 11.3 Å². The fraction of sp³-hybridized carbons (Fsp3) is 0.167. The smallest absolute Gasteiger partial charge is 0.475 e. The van der Waals surface area contributed by atoms with Crippen molar-refractivity contribution in [3.05, 3.63) is 47.5 Å². The topological polar surface area (TPSA) is 129 Å². The number of aliphatic carboxylic acids is 1. The number of pyridine rings is 1. The molecule has 1 aliphatic carbocycles. The summed E-state index contributed by atoms with van der Waals surface area (Å²) in [5, 5.41) is 16.6. The van der Waals surface area contributed by atoms with Gasteiger partial charge in [-0.1, -0.05) is 0 Å². The maximum absolute atomic E-state index is 10.6. The molecule has 0 spiro atoms. The molecule has 4 N–H and O–H groups in total. The molecule has 0 atom stereocenters. The van der Waals surface area contributed by atoms with Crippen molar-refractivity contribution >= 4 is 11.8 Å². The van der Waals surface area contributed by atoms with E-state index >= 15 is 0 Å². The molecule has 10 heteroatoms. The molecule has 0 saturated carbocycles. The molecule has 7 nitrogen and oxygen atoms in total. The number of nitrogens with one attached hydrogen (secondary N) is 1. The number of rotatable bonds is 1. The number of aromatic amines is 1. The number of halogens is 3. The van der Waals surface area contributed by atoms with Crippen LogP contribution >= 0.6 is 0 Å². The Morgan fingerprint density at radius 2 is 2.07 bits per heavy atom. The molecule has 0 bridgehead atoms. The lowest BCUT2D eigenvalue weighted by atomic mass is 9.87. The number of aryl methyl sites for hydroxylation is 1. The third kappa shape index (κ3) is 3.42. The van der Waals surface area contributed by atoms with E-state index in [9.17, 15) is 18.4 Å². The number of fused-ring (bicyclic) bond motifs is 3. The van der Waals surface area contributed by atoms with Crippen molar-refractivity contribution in [3.63, 3.8) is 0 Å². The minimum absolute atomic E-state index is 0.247. The number of nitriles is 1. The zero-order valence-electron chi connectivity index (χ0n) is 14.2. The fourth-order valence-electron chi connectivity index (χ4n) is 3.00. The SMILES string of the molecule is N#Cc1c(N)nc2c(c1-c1ccco1)CCc1[nH]ccc1-2.O=C(O)C(F)(F)F. The molecule has 0 aromatic carbocycles. The average Bonchev–Trinajstić information content (AvgIpc) is 3.32. The van der Waals surface area contributed by atoms with Crippen LogP contribution in [0.3, 0.4) is 0 Å². The van der Waals surface area contributed by atoms with Gasteiger partial charge >= 0.3 is 12.1 Å². The average molecular weight is 390 g/mol. The van der Waals surface area contributed by atoms with Gasteiger partial charge in [0.2, 0.25) is 0 Å². The van der Waals surface area contributed by atoms with Crippen LogP contribution in [-0.2, 0) is 17.6 Å². The van der Waals surface area contributed by atoms with Crippen LogP contribution in [0.5, 0.6) is 0 Å². The zero-order valence-corrected chi connectivity index (χ0v) is 14.2. The Bertz CT molecular complexity index is 1060. The monoisotopic (exact) mass is 390 g/mol. The first-order chi connectivity index (χ1) is 13.2. The highest BCUT2D eigenvalue weighted by Gasteiger charge is 2.38.